The van der Waals surface area contributed by atoms with Gasteiger partial charge in [-0.2, -0.15) is 13.2 Å². The highest BCUT2D eigenvalue weighted by Crippen LogP contribution is 2.21. The summed E-state index contributed by atoms with van der Waals surface area (Å²) < 4.78 is 65.2. The molecule has 0 bridgehead atoms. The zero-order valence-corrected chi connectivity index (χ0v) is 10.8. The first-order chi connectivity index (χ1) is 8.27. The van der Waals surface area contributed by atoms with Crippen molar-refractivity contribution in [2.75, 3.05) is 32.1 Å². The van der Waals surface area contributed by atoms with Crippen LogP contribution in [0.15, 0.2) is 0 Å². The van der Waals surface area contributed by atoms with Crippen LogP contribution < -0.4 is 10.5 Å². The van der Waals surface area contributed by atoms with Crippen molar-refractivity contribution in [3.63, 3.8) is 0 Å². The Balaban J connectivity index is 3.62. The molecule has 0 radical (unpaired) electrons. The van der Waals surface area contributed by atoms with Gasteiger partial charge in [0.05, 0.1) is 12.4 Å². The second-order valence-corrected chi connectivity index (χ2v) is 5.61. The molecule has 0 heterocycles. The van der Waals surface area contributed by atoms with Crippen molar-refractivity contribution in [1.29, 1.82) is 0 Å². The third-order valence-electron chi connectivity index (χ3n) is 1.92. The van der Waals surface area contributed by atoms with E-state index in [0.717, 1.165) is 0 Å². The molecule has 0 saturated carbocycles. The molecule has 18 heavy (non-hydrogen) atoms. The predicted octanol–water partition coefficient (Wildman–Crippen LogP) is 0.614. The van der Waals surface area contributed by atoms with Crippen LogP contribution in [-0.4, -0.2) is 46.7 Å². The van der Waals surface area contributed by atoms with E-state index in [1.807, 2.05) is 0 Å². The van der Waals surface area contributed by atoms with Crippen LogP contribution in [-0.2, 0) is 14.8 Å². The molecule has 0 aromatic rings. The SMILES string of the molecule is NCCOCCCNS(=O)(=O)CCCC(F)(F)F. The van der Waals surface area contributed by atoms with E-state index >= 15 is 0 Å². The number of sulfonamides is 1. The molecule has 110 valence electrons. The smallest absolute Gasteiger partial charge is 0.380 e. The third-order valence-corrected chi connectivity index (χ3v) is 3.39. The highest BCUT2D eigenvalue weighted by molar-refractivity contribution is 7.89. The Morgan fingerprint density at radius 3 is 2.39 bits per heavy atom. The molecule has 0 aliphatic heterocycles. The van der Waals surface area contributed by atoms with E-state index in [1.165, 1.54) is 0 Å². The Morgan fingerprint density at radius 2 is 1.83 bits per heavy atom. The minimum Gasteiger partial charge on any atom is -0.380 e. The Kier molecular flexibility index (Phi) is 8.49. The minimum atomic E-state index is -4.31. The number of hydrogen-bond donors (Lipinski definition) is 2. The predicted molar refractivity (Wildman–Crippen MR) is 61.6 cm³/mol. The summed E-state index contributed by atoms with van der Waals surface area (Å²) in [6.45, 7) is 1.31. The van der Waals surface area contributed by atoms with Gasteiger partial charge in [-0.3, -0.25) is 0 Å². The minimum absolute atomic E-state index is 0.152. The van der Waals surface area contributed by atoms with Gasteiger partial charge in [0.2, 0.25) is 10.0 Å². The van der Waals surface area contributed by atoms with Gasteiger partial charge in [0.25, 0.3) is 0 Å². The maximum absolute atomic E-state index is 11.8. The second-order valence-electron chi connectivity index (χ2n) is 3.69. The fourth-order valence-electron chi connectivity index (χ4n) is 1.12. The fourth-order valence-corrected chi connectivity index (χ4v) is 2.25. The van der Waals surface area contributed by atoms with E-state index in [4.69, 9.17) is 10.5 Å². The van der Waals surface area contributed by atoms with Gasteiger partial charge in [0.1, 0.15) is 0 Å². The molecule has 0 rings (SSSR count). The molecule has 9 heteroatoms. The van der Waals surface area contributed by atoms with Crippen LogP contribution in [0.25, 0.3) is 0 Å². The standard InChI is InChI=1S/C9H19F3N2O3S/c10-9(11,12)3-1-8-18(15,16)14-5-2-6-17-7-4-13/h14H,1-8,13H2. The van der Waals surface area contributed by atoms with Crippen molar-refractivity contribution < 1.29 is 26.3 Å². The van der Waals surface area contributed by atoms with E-state index < -0.39 is 34.8 Å². The molecule has 3 N–H and O–H groups in total. The number of rotatable bonds is 10. The molecular weight excluding hydrogens is 273 g/mol. The Bertz CT molecular complexity index is 307. The normalized spacial score (nSPS) is 12.9. The summed E-state index contributed by atoms with van der Waals surface area (Å²) >= 11 is 0. The summed E-state index contributed by atoms with van der Waals surface area (Å²) in [6, 6.07) is 0. The van der Waals surface area contributed by atoms with Crippen molar-refractivity contribution >= 4 is 10.0 Å². The fraction of sp³-hybridized carbons (Fsp3) is 1.00. The maximum atomic E-state index is 11.8. The van der Waals surface area contributed by atoms with Crippen LogP contribution >= 0.6 is 0 Å². The van der Waals surface area contributed by atoms with Gasteiger partial charge in [-0.15, -0.1) is 0 Å². The number of nitrogens with two attached hydrogens (primary N) is 1. The highest BCUT2D eigenvalue weighted by atomic mass is 32.2. The maximum Gasteiger partial charge on any atom is 0.389 e. The lowest BCUT2D eigenvalue weighted by Crippen LogP contribution is -2.28. The van der Waals surface area contributed by atoms with Crippen LogP contribution in [0.1, 0.15) is 19.3 Å². The third kappa shape index (κ3) is 12.1. The van der Waals surface area contributed by atoms with Crippen molar-refractivity contribution in [2.24, 2.45) is 5.73 Å². The highest BCUT2D eigenvalue weighted by Gasteiger charge is 2.27. The van der Waals surface area contributed by atoms with Gasteiger partial charge in [0.15, 0.2) is 0 Å². The van der Waals surface area contributed by atoms with E-state index in [9.17, 15) is 21.6 Å². The monoisotopic (exact) mass is 292 g/mol. The molecule has 0 amide bonds. The molecule has 0 aromatic carbocycles. The molecule has 5 nitrogen and oxygen atoms in total. The summed E-state index contributed by atoms with van der Waals surface area (Å²) in [5, 5.41) is 0. The topological polar surface area (TPSA) is 81.4 Å². The van der Waals surface area contributed by atoms with Crippen molar-refractivity contribution in [2.45, 2.75) is 25.4 Å². The van der Waals surface area contributed by atoms with Gasteiger partial charge < -0.3 is 10.5 Å². The molecule has 0 aromatic heterocycles. The lowest BCUT2D eigenvalue weighted by Gasteiger charge is -2.08. The van der Waals surface area contributed by atoms with E-state index in [1.54, 1.807) is 0 Å². The summed E-state index contributed by atoms with van der Waals surface area (Å²) in [5.41, 5.74) is 5.17. The second kappa shape index (κ2) is 8.68. The molecular formula is C9H19F3N2O3S. The molecule has 0 aliphatic carbocycles. The van der Waals surface area contributed by atoms with Gasteiger partial charge in [0, 0.05) is 26.1 Å². The zero-order valence-electron chi connectivity index (χ0n) is 10.0. The molecule has 0 atom stereocenters. The van der Waals surface area contributed by atoms with E-state index in [0.29, 0.717) is 26.2 Å². The van der Waals surface area contributed by atoms with Crippen molar-refractivity contribution in [1.82, 2.24) is 4.72 Å². The van der Waals surface area contributed by atoms with Crippen LogP contribution in [0.3, 0.4) is 0 Å². The summed E-state index contributed by atoms with van der Waals surface area (Å²) in [6.07, 6.45) is -5.37. The first kappa shape index (κ1) is 17.6. The Hall–Kier alpha value is -0.380. The van der Waals surface area contributed by atoms with Crippen LogP contribution in [0.5, 0.6) is 0 Å². The van der Waals surface area contributed by atoms with Gasteiger partial charge in [-0.05, 0) is 12.8 Å². The first-order valence-corrected chi connectivity index (χ1v) is 7.24. The zero-order chi connectivity index (χ0) is 14.1. The van der Waals surface area contributed by atoms with Crippen LogP contribution in [0.2, 0.25) is 0 Å². The number of alkyl halides is 3. The molecule has 0 saturated heterocycles. The quantitative estimate of drug-likeness (QED) is 0.578. The molecule has 0 spiro atoms. The molecule has 0 unspecified atom stereocenters. The number of hydrogen-bond acceptors (Lipinski definition) is 4. The number of halogens is 3. The lowest BCUT2D eigenvalue weighted by atomic mass is 10.3. The van der Waals surface area contributed by atoms with E-state index in [2.05, 4.69) is 4.72 Å². The lowest BCUT2D eigenvalue weighted by molar-refractivity contribution is -0.134. The summed E-state index contributed by atoms with van der Waals surface area (Å²) in [7, 11) is -3.63. The summed E-state index contributed by atoms with van der Waals surface area (Å²) in [4.78, 5) is 0. The van der Waals surface area contributed by atoms with Crippen LogP contribution in [0.4, 0.5) is 13.2 Å². The Labute approximate surface area is 105 Å². The largest absolute Gasteiger partial charge is 0.389 e. The Morgan fingerprint density at radius 1 is 1.17 bits per heavy atom. The van der Waals surface area contributed by atoms with Gasteiger partial charge in [-0.1, -0.05) is 0 Å². The molecule has 0 aliphatic rings. The van der Waals surface area contributed by atoms with Crippen molar-refractivity contribution in [3.05, 3.63) is 0 Å². The first-order valence-electron chi connectivity index (χ1n) is 5.59. The van der Waals surface area contributed by atoms with Crippen LogP contribution in [0, 0.1) is 0 Å². The number of nitrogens with one attached hydrogen (secondary N) is 1. The number of ether oxygens (including phenoxy) is 1. The van der Waals surface area contributed by atoms with E-state index in [-0.39, 0.29) is 6.54 Å². The van der Waals surface area contributed by atoms with Crippen molar-refractivity contribution in [3.8, 4) is 0 Å². The average Bonchev–Trinajstić information content (AvgIpc) is 2.21. The van der Waals surface area contributed by atoms with Gasteiger partial charge >= 0.3 is 6.18 Å². The molecule has 0 fully saturated rings. The average molecular weight is 292 g/mol. The summed E-state index contributed by atoms with van der Waals surface area (Å²) in [5.74, 6) is -0.518. The van der Waals surface area contributed by atoms with Gasteiger partial charge in [-0.25, -0.2) is 13.1 Å².